The van der Waals surface area contributed by atoms with Crippen molar-refractivity contribution in [1.82, 2.24) is 4.98 Å². The summed E-state index contributed by atoms with van der Waals surface area (Å²) in [5.41, 5.74) is 2.59. The molecule has 0 saturated heterocycles. The molecule has 0 bridgehead atoms. The Kier molecular flexibility index (Phi) is 5.21. The topological polar surface area (TPSA) is 51.2 Å². The monoisotopic (exact) mass is 330 g/mol. The van der Waals surface area contributed by atoms with Crippen molar-refractivity contribution in [3.63, 3.8) is 0 Å². The van der Waals surface area contributed by atoms with Gasteiger partial charge >= 0.3 is 0 Å². The molecule has 2 aromatic rings. The highest BCUT2D eigenvalue weighted by molar-refractivity contribution is 7.09. The molecular weight excluding hydrogens is 308 g/mol. The van der Waals surface area contributed by atoms with Crippen LogP contribution in [0.25, 0.3) is 6.08 Å². The lowest BCUT2D eigenvalue weighted by atomic mass is 9.87. The van der Waals surface area contributed by atoms with Gasteiger partial charge in [0.1, 0.15) is 5.75 Å². The van der Waals surface area contributed by atoms with Crippen LogP contribution in [0.5, 0.6) is 5.75 Å². The normalized spacial score (nSPS) is 11.7. The summed E-state index contributed by atoms with van der Waals surface area (Å²) in [6, 6.07) is 5.85. The standard InChI is InChI=1S/C18H22N2O2S/c1-12-19-14(11-23-12)7-9-17(21)20-15-10-13(18(2,3)4)6-8-16(15)22-5/h6-11H,1-5H3,(H,20,21)/b9-7-. The molecule has 0 atom stereocenters. The summed E-state index contributed by atoms with van der Waals surface area (Å²) in [4.78, 5) is 16.4. The Labute approximate surface area is 141 Å². The van der Waals surface area contributed by atoms with E-state index in [-0.39, 0.29) is 11.3 Å². The van der Waals surface area contributed by atoms with Gasteiger partial charge in [0, 0.05) is 11.5 Å². The summed E-state index contributed by atoms with van der Waals surface area (Å²) in [5, 5.41) is 5.77. The number of nitrogens with zero attached hydrogens (tertiary/aromatic N) is 1. The zero-order valence-corrected chi connectivity index (χ0v) is 15.0. The molecule has 0 radical (unpaired) electrons. The van der Waals surface area contributed by atoms with Gasteiger partial charge in [-0.15, -0.1) is 11.3 Å². The van der Waals surface area contributed by atoms with Gasteiger partial charge in [-0.1, -0.05) is 26.8 Å². The van der Waals surface area contributed by atoms with Crippen molar-refractivity contribution in [3.05, 3.63) is 45.9 Å². The summed E-state index contributed by atoms with van der Waals surface area (Å²) in [5.74, 6) is 0.435. The van der Waals surface area contributed by atoms with E-state index in [0.29, 0.717) is 11.4 Å². The number of benzene rings is 1. The number of aromatic nitrogens is 1. The third kappa shape index (κ3) is 4.66. The van der Waals surface area contributed by atoms with Crippen molar-refractivity contribution < 1.29 is 9.53 Å². The molecule has 0 saturated carbocycles. The highest BCUT2D eigenvalue weighted by atomic mass is 32.1. The molecule has 1 amide bonds. The third-order valence-electron chi connectivity index (χ3n) is 3.37. The van der Waals surface area contributed by atoms with Gasteiger partial charge in [-0.05, 0) is 36.1 Å². The third-order valence-corrected chi connectivity index (χ3v) is 4.16. The van der Waals surface area contributed by atoms with E-state index in [2.05, 4.69) is 31.1 Å². The highest BCUT2D eigenvalue weighted by Gasteiger charge is 2.16. The summed E-state index contributed by atoms with van der Waals surface area (Å²) in [7, 11) is 1.59. The molecule has 0 fully saturated rings. The van der Waals surface area contributed by atoms with Crippen LogP contribution in [0.2, 0.25) is 0 Å². The average molecular weight is 330 g/mol. The molecule has 1 N–H and O–H groups in total. The number of methoxy groups -OCH3 is 1. The summed E-state index contributed by atoms with van der Waals surface area (Å²) in [6.07, 6.45) is 3.19. The molecule has 0 spiro atoms. The van der Waals surface area contributed by atoms with Crippen molar-refractivity contribution in [3.8, 4) is 5.75 Å². The van der Waals surface area contributed by atoms with Gasteiger partial charge in [0.15, 0.2) is 0 Å². The fraction of sp³-hybridized carbons (Fsp3) is 0.333. The van der Waals surface area contributed by atoms with Gasteiger partial charge < -0.3 is 10.1 Å². The van der Waals surface area contributed by atoms with Gasteiger partial charge in [-0.25, -0.2) is 4.98 Å². The SMILES string of the molecule is COc1ccc(C(C)(C)C)cc1NC(=O)/C=C\c1csc(C)n1. The maximum atomic E-state index is 12.1. The fourth-order valence-corrected chi connectivity index (χ4v) is 2.65. The van der Waals surface area contributed by atoms with Crippen LogP contribution < -0.4 is 10.1 Å². The predicted octanol–water partition coefficient (Wildman–Crippen LogP) is 4.41. The molecule has 0 aliphatic rings. The van der Waals surface area contributed by atoms with Gasteiger partial charge in [-0.3, -0.25) is 4.79 Å². The number of thiazole rings is 1. The van der Waals surface area contributed by atoms with E-state index in [1.807, 2.05) is 30.5 Å². The molecular formula is C18H22N2O2S. The van der Waals surface area contributed by atoms with Gasteiger partial charge in [0.05, 0.1) is 23.5 Å². The minimum absolute atomic E-state index is 0.000286. The number of nitrogens with one attached hydrogen (secondary N) is 1. The molecule has 4 nitrogen and oxygen atoms in total. The molecule has 2 rings (SSSR count). The Morgan fingerprint density at radius 3 is 2.65 bits per heavy atom. The zero-order chi connectivity index (χ0) is 17.0. The Morgan fingerprint density at radius 2 is 2.09 bits per heavy atom. The first-order chi connectivity index (χ1) is 10.8. The van der Waals surface area contributed by atoms with Crippen molar-refractivity contribution in [2.75, 3.05) is 12.4 Å². The Bertz CT molecular complexity index is 727. The van der Waals surface area contributed by atoms with E-state index in [9.17, 15) is 4.79 Å². The second-order valence-corrected chi connectivity index (χ2v) is 7.34. The summed E-state index contributed by atoms with van der Waals surface area (Å²) in [6.45, 7) is 8.32. The molecule has 122 valence electrons. The quantitative estimate of drug-likeness (QED) is 0.845. The highest BCUT2D eigenvalue weighted by Crippen LogP contribution is 2.31. The molecule has 0 aliphatic heterocycles. The Balaban J connectivity index is 2.17. The van der Waals surface area contributed by atoms with Crippen LogP contribution in [0.1, 0.15) is 37.0 Å². The van der Waals surface area contributed by atoms with Crippen LogP contribution >= 0.6 is 11.3 Å². The average Bonchev–Trinajstić information content (AvgIpc) is 2.90. The number of anilines is 1. The smallest absolute Gasteiger partial charge is 0.248 e. The molecule has 1 aromatic carbocycles. The van der Waals surface area contributed by atoms with Crippen molar-refractivity contribution in [2.24, 2.45) is 0 Å². The number of ether oxygens (including phenoxy) is 1. The van der Waals surface area contributed by atoms with E-state index in [4.69, 9.17) is 4.74 Å². The number of hydrogen-bond acceptors (Lipinski definition) is 4. The van der Waals surface area contributed by atoms with Gasteiger partial charge in [0.2, 0.25) is 5.91 Å². The summed E-state index contributed by atoms with van der Waals surface area (Å²) < 4.78 is 5.33. The van der Waals surface area contributed by atoms with Gasteiger partial charge in [0.25, 0.3) is 0 Å². The number of hydrogen-bond donors (Lipinski definition) is 1. The second-order valence-electron chi connectivity index (χ2n) is 6.28. The number of aryl methyl sites for hydroxylation is 1. The zero-order valence-electron chi connectivity index (χ0n) is 14.1. The maximum Gasteiger partial charge on any atom is 0.248 e. The Hall–Kier alpha value is -2.14. The lowest BCUT2D eigenvalue weighted by Gasteiger charge is -2.21. The minimum atomic E-state index is -0.208. The first kappa shape index (κ1) is 17.2. The lowest BCUT2D eigenvalue weighted by Crippen LogP contribution is -2.14. The van der Waals surface area contributed by atoms with Crippen LogP contribution in [0.3, 0.4) is 0 Å². The van der Waals surface area contributed by atoms with Crippen molar-refractivity contribution >= 4 is 29.0 Å². The molecule has 1 aromatic heterocycles. The molecule has 5 heteroatoms. The van der Waals surface area contributed by atoms with E-state index < -0.39 is 0 Å². The molecule has 1 heterocycles. The largest absolute Gasteiger partial charge is 0.495 e. The lowest BCUT2D eigenvalue weighted by molar-refractivity contribution is -0.111. The number of amides is 1. The molecule has 0 unspecified atom stereocenters. The van der Waals surface area contributed by atoms with Crippen LogP contribution in [0, 0.1) is 6.92 Å². The van der Waals surface area contributed by atoms with E-state index in [0.717, 1.165) is 16.3 Å². The first-order valence-electron chi connectivity index (χ1n) is 7.39. The van der Waals surface area contributed by atoms with Crippen LogP contribution in [0.4, 0.5) is 5.69 Å². The number of carbonyl (C=O) groups excluding carboxylic acids is 1. The van der Waals surface area contributed by atoms with Crippen molar-refractivity contribution in [1.29, 1.82) is 0 Å². The van der Waals surface area contributed by atoms with E-state index in [1.165, 1.54) is 6.08 Å². The predicted molar refractivity (Wildman–Crippen MR) is 96.2 cm³/mol. The first-order valence-corrected chi connectivity index (χ1v) is 8.27. The van der Waals surface area contributed by atoms with E-state index in [1.54, 1.807) is 24.5 Å². The summed E-state index contributed by atoms with van der Waals surface area (Å²) >= 11 is 1.56. The van der Waals surface area contributed by atoms with Gasteiger partial charge in [-0.2, -0.15) is 0 Å². The Morgan fingerprint density at radius 1 is 1.35 bits per heavy atom. The number of carbonyl (C=O) groups is 1. The van der Waals surface area contributed by atoms with Crippen molar-refractivity contribution in [2.45, 2.75) is 33.1 Å². The minimum Gasteiger partial charge on any atom is -0.495 e. The van der Waals surface area contributed by atoms with E-state index >= 15 is 0 Å². The van der Waals surface area contributed by atoms with Crippen LogP contribution in [-0.4, -0.2) is 18.0 Å². The fourth-order valence-electron chi connectivity index (χ4n) is 2.06. The second kappa shape index (κ2) is 6.96. The maximum absolute atomic E-state index is 12.1. The molecule has 23 heavy (non-hydrogen) atoms. The number of rotatable bonds is 4. The van der Waals surface area contributed by atoms with Crippen LogP contribution in [-0.2, 0) is 10.2 Å². The molecule has 0 aliphatic carbocycles. The van der Waals surface area contributed by atoms with Crippen LogP contribution in [0.15, 0.2) is 29.7 Å².